The SMILES string of the molecule is Cn1c(SCC(=O)O)nnc1-c1cc(Br)ccc1O. The zero-order chi connectivity index (χ0) is 14.0. The van der Waals surface area contributed by atoms with E-state index in [0.29, 0.717) is 16.5 Å². The molecule has 2 aromatic rings. The number of carboxylic acid groups (broad SMARTS) is 1. The molecule has 0 unspecified atom stereocenters. The summed E-state index contributed by atoms with van der Waals surface area (Å²) in [6, 6.07) is 5.00. The van der Waals surface area contributed by atoms with E-state index in [4.69, 9.17) is 5.11 Å². The van der Waals surface area contributed by atoms with E-state index in [1.807, 2.05) is 0 Å². The maximum atomic E-state index is 10.5. The number of nitrogens with zero attached hydrogens (tertiary/aromatic N) is 3. The highest BCUT2D eigenvalue weighted by Crippen LogP contribution is 2.31. The fraction of sp³-hybridized carbons (Fsp3) is 0.182. The van der Waals surface area contributed by atoms with Gasteiger partial charge in [0.2, 0.25) is 0 Å². The van der Waals surface area contributed by atoms with Crippen LogP contribution in [-0.2, 0) is 11.8 Å². The fourth-order valence-corrected chi connectivity index (χ4v) is 2.48. The van der Waals surface area contributed by atoms with Gasteiger partial charge < -0.3 is 14.8 Å². The van der Waals surface area contributed by atoms with Crippen LogP contribution in [0, 0.1) is 0 Å². The number of phenolic OH excluding ortho intramolecular Hbond substituents is 1. The first-order valence-corrected chi connectivity index (χ1v) is 6.99. The summed E-state index contributed by atoms with van der Waals surface area (Å²) in [5.74, 6) is -0.434. The smallest absolute Gasteiger partial charge is 0.313 e. The molecule has 8 heteroatoms. The zero-order valence-corrected chi connectivity index (χ0v) is 12.3. The molecule has 0 aliphatic carbocycles. The van der Waals surface area contributed by atoms with Gasteiger partial charge in [-0.25, -0.2) is 0 Å². The third-order valence-electron chi connectivity index (χ3n) is 2.36. The van der Waals surface area contributed by atoms with E-state index in [2.05, 4.69) is 26.1 Å². The topological polar surface area (TPSA) is 88.2 Å². The summed E-state index contributed by atoms with van der Waals surface area (Å²) >= 11 is 4.40. The first-order chi connectivity index (χ1) is 8.99. The van der Waals surface area contributed by atoms with Crippen molar-refractivity contribution in [2.45, 2.75) is 5.16 Å². The summed E-state index contributed by atoms with van der Waals surface area (Å²) in [5.41, 5.74) is 0.534. The van der Waals surface area contributed by atoms with Crippen molar-refractivity contribution in [3.05, 3.63) is 22.7 Å². The Labute approximate surface area is 121 Å². The van der Waals surface area contributed by atoms with Gasteiger partial charge in [0.25, 0.3) is 0 Å². The Morgan fingerprint density at radius 2 is 2.21 bits per heavy atom. The molecule has 19 heavy (non-hydrogen) atoms. The van der Waals surface area contributed by atoms with Crippen LogP contribution in [-0.4, -0.2) is 36.7 Å². The van der Waals surface area contributed by atoms with Crippen molar-refractivity contribution in [3.63, 3.8) is 0 Å². The third-order valence-corrected chi connectivity index (χ3v) is 3.86. The number of hydrogen-bond acceptors (Lipinski definition) is 5. The van der Waals surface area contributed by atoms with Gasteiger partial charge in [0.15, 0.2) is 11.0 Å². The standard InChI is InChI=1S/C11H10BrN3O3S/c1-15-10(7-4-6(12)2-3-8(7)16)13-14-11(15)19-5-9(17)18/h2-4,16H,5H2,1H3,(H,17,18). The lowest BCUT2D eigenvalue weighted by molar-refractivity contribution is -0.133. The summed E-state index contributed by atoms with van der Waals surface area (Å²) in [4.78, 5) is 10.5. The van der Waals surface area contributed by atoms with Crippen LogP contribution in [0.15, 0.2) is 27.8 Å². The second kappa shape index (κ2) is 5.62. The molecular weight excluding hydrogens is 334 g/mol. The average Bonchev–Trinajstić information content (AvgIpc) is 2.71. The first-order valence-electron chi connectivity index (χ1n) is 5.22. The predicted octanol–water partition coefficient (Wildman–Crippen LogP) is 2.13. The van der Waals surface area contributed by atoms with Gasteiger partial charge in [0, 0.05) is 11.5 Å². The number of carbonyl (C=O) groups is 1. The number of carboxylic acids is 1. The Balaban J connectivity index is 2.36. The molecule has 1 heterocycles. The zero-order valence-electron chi connectivity index (χ0n) is 9.87. The van der Waals surface area contributed by atoms with Crippen molar-refractivity contribution in [1.29, 1.82) is 0 Å². The molecule has 2 N–H and O–H groups in total. The van der Waals surface area contributed by atoms with Gasteiger partial charge in [0.1, 0.15) is 5.75 Å². The molecule has 100 valence electrons. The van der Waals surface area contributed by atoms with Crippen LogP contribution in [0.2, 0.25) is 0 Å². The molecular formula is C11H10BrN3O3S. The Morgan fingerprint density at radius 1 is 1.47 bits per heavy atom. The molecule has 0 radical (unpaired) electrons. The molecule has 0 saturated heterocycles. The first kappa shape index (κ1) is 13.9. The van der Waals surface area contributed by atoms with E-state index < -0.39 is 5.97 Å². The summed E-state index contributed by atoms with van der Waals surface area (Å²) in [7, 11) is 1.72. The van der Waals surface area contributed by atoms with Crippen LogP contribution in [0.25, 0.3) is 11.4 Å². The Morgan fingerprint density at radius 3 is 2.89 bits per heavy atom. The Hall–Kier alpha value is -1.54. The van der Waals surface area contributed by atoms with Gasteiger partial charge in [-0.05, 0) is 18.2 Å². The van der Waals surface area contributed by atoms with Crippen LogP contribution < -0.4 is 0 Å². The van der Waals surface area contributed by atoms with E-state index in [0.717, 1.165) is 16.2 Å². The summed E-state index contributed by atoms with van der Waals surface area (Å²) in [6.07, 6.45) is 0. The maximum Gasteiger partial charge on any atom is 0.313 e. The minimum absolute atomic E-state index is 0.0869. The minimum atomic E-state index is -0.917. The summed E-state index contributed by atoms with van der Waals surface area (Å²) < 4.78 is 2.46. The average molecular weight is 344 g/mol. The van der Waals surface area contributed by atoms with Crippen LogP contribution in [0.4, 0.5) is 0 Å². The summed E-state index contributed by atoms with van der Waals surface area (Å²) in [5, 5.41) is 26.9. The van der Waals surface area contributed by atoms with Crippen molar-refractivity contribution >= 4 is 33.7 Å². The van der Waals surface area contributed by atoms with Crippen LogP contribution in [0.3, 0.4) is 0 Å². The minimum Gasteiger partial charge on any atom is -0.507 e. The molecule has 0 fully saturated rings. The second-order valence-corrected chi connectivity index (χ2v) is 5.57. The Kier molecular flexibility index (Phi) is 4.11. The highest BCUT2D eigenvalue weighted by atomic mass is 79.9. The number of hydrogen-bond donors (Lipinski definition) is 2. The lowest BCUT2D eigenvalue weighted by Gasteiger charge is -2.05. The van der Waals surface area contributed by atoms with Crippen molar-refractivity contribution < 1.29 is 15.0 Å². The van der Waals surface area contributed by atoms with Gasteiger partial charge >= 0.3 is 5.97 Å². The Bertz CT molecular complexity index is 630. The predicted molar refractivity (Wildman–Crippen MR) is 74.2 cm³/mol. The number of thioether (sulfide) groups is 1. The molecule has 6 nitrogen and oxygen atoms in total. The quantitative estimate of drug-likeness (QED) is 0.826. The van der Waals surface area contributed by atoms with E-state index in [-0.39, 0.29) is 11.5 Å². The molecule has 0 atom stereocenters. The van der Waals surface area contributed by atoms with Crippen molar-refractivity contribution in [1.82, 2.24) is 14.8 Å². The van der Waals surface area contributed by atoms with Gasteiger partial charge in [0.05, 0.1) is 11.3 Å². The maximum absolute atomic E-state index is 10.5. The van der Waals surface area contributed by atoms with Crippen molar-refractivity contribution in [2.75, 3.05) is 5.75 Å². The molecule has 1 aromatic carbocycles. The molecule has 0 saturated carbocycles. The van der Waals surface area contributed by atoms with Crippen LogP contribution in [0.5, 0.6) is 5.75 Å². The fourth-order valence-electron chi connectivity index (χ4n) is 1.49. The van der Waals surface area contributed by atoms with Gasteiger partial charge in [-0.2, -0.15) is 0 Å². The highest BCUT2D eigenvalue weighted by Gasteiger charge is 2.15. The van der Waals surface area contributed by atoms with Crippen molar-refractivity contribution in [3.8, 4) is 17.1 Å². The summed E-state index contributed by atoms with van der Waals surface area (Å²) in [6.45, 7) is 0. The number of aliphatic carboxylic acids is 1. The monoisotopic (exact) mass is 343 g/mol. The molecule has 0 spiro atoms. The molecule has 2 rings (SSSR count). The number of halogens is 1. The third kappa shape index (κ3) is 3.07. The van der Waals surface area contributed by atoms with E-state index in [1.165, 1.54) is 0 Å². The number of rotatable bonds is 4. The van der Waals surface area contributed by atoms with E-state index >= 15 is 0 Å². The largest absolute Gasteiger partial charge is 0.507 e. The van der Waals surface area contributed by atoms with Gasteiger partial charge in [-0.1, -0.05) is 27.7 Å². The number of benzene rings is 1. The molecule has 0 amide bonds. The molecule has 0 aliphatic heterocycles. The van der Waals surface area contributed by atoms with Gasteiger partial charge in [-0.15, -0.1) is 10.2 Å². The highest BCUT2D eigenvalue weighted by molar-refractivity contribution is 9.10. The molecule has 1 aromatic heterocycles. The lowest BCUT2D eigenvalue weighted by Crippen LogP contribution is -2.01. The normalized spacial score (nSPS) is 10.6. The molecule has 0 aliphatic rings. The molecule has 0 bridgehead atoms. The lowest BCUT2D eigenvalue weighted by atomic mass is 10.2. The van der Waals surface area contributed by atoms with E-state index in [9.17, 15) is 9.90 Å². The second-order valence-electron chi connectivity index (χ2n) is 3.71. The van der Waals surface area contributed by atoms with Crippen LogP contribution in [0.1, 0.15) is 0 Å². The number of aromatic nitrogens is 3. The van der Waals surface area contributed by atoms with E-state index in [1.54, 1.807) is 29.8 Å². The van der Waals surface area contributed by atoms with Crippen molar-refractivity contribution in [2.24, 2.45) is 7.05 Å². The number of phenols is 1. The van der Waals surface area contributed by atoms with Crippen LogP contribution >= 0.6 is 27.7 Å². The van der Waals surface area contributed by atoms with Gasteiger partial charge in [-0.3, -0.25) is 4.79 Å². The number of aromatic hydroxyl groups is 1.